The van der Waals surface area contributed by atoms with Crippen molar-refractivity contribution in [3.05, 3.63) is 18.2 Å². The minimum absolute atomic E-state index is 0.00378. The number of aliphatic carboxylic acids is 2. The third-order valence-corrected chi connectivity index (χ3v) is 10.4. The summed E-state index contributed by atoms with van der Waals surface area (Å²) in [5, 5.41) is 60.9. The van der Waals surface area contributed by atoms with E-state index in [-0.39, 0.29) is 43.4 Å². The number of imidazole rings is 1. The highest BCUT2D eigenvalue weighted by molar-refractivity contribution is 6.00. The van der Waals surface area contributed by atoms with Crippen molar-refractivity contribution in [2.45, 2.75) is 140 Å². The fraction of sp³-hybridized carbons (Fsp3) is 0.610. The van der Waals surface area contributed by atoms with E-state index < -0.39 is 170 Å². The van der Waals surface area contributed by atoms with Gasteiger partial charge in [-0.2, -0.15) is 0 Å². The summed E-state index contributed by atoms with van der Waals surface area (Å²) in [5.74, 6) is -15.8. The number of carbonyl (C=O) groups is 12. The number of carboxylic acids is 2. The Bertz CT molecular complexity index is 2150. The number of hydrogen-bond donors (Lipinski definition) is 17. The van der Waals surface area contributed by atoms with Crippen LogP contribution in [0.15, 0.2) is 17.5 Å². The fourth-order valence-corrected chi connectivity index (χ4v) is 6.82. The third kappa shape index (κ3) is 21.4. The lowest BCUT2D eigenvalue weighted by Crippen LogP contribution is -2.62. The number of hydrogen-bond acceptors (Lipinski definition) is 16. The molecular weight excluding hydrogens is 959 g/mol. The summed E-state index contributed by atoms with van der Waals surface area (Å²) in [6, 6.07) is -14.5. The number of aromatic amines is 1. The Morgan fingerprint density at radius 3 is 1.57 bits per heavy atom. The Balaban J connectivity index is 2.80. The maximum Gasteiger partial charge on any atom is 0.305 e. The summed E-state index contributed by atoms with van der Waals surface area (Å²) in [5.41, 5.74) is 16.3. The monoisotopic (exact) mass is 1020 g/mol. The first-order valence-electron chi connectivity index (χ1n) is 22.5. The first kappa shape index (κ1) is 60.2. The highest BCUT2D eigenvalue weighted by Gasteiger charge is 2.38. The van der Waals surface area contributed by atoms with E-state index >= 15 is 0 Å². The van der Waals surface area contributed by atoms with Crippen molar-refractivity contribution in [1.29, 1.82) is 0 Å². The van der Waals surface area contributed by atoms with Crippen LogP contribution in [0.25, 0.3) is 0 Å². The number of nitrogens with two attached hydrogens (primary N) is 3. The maximum atomic E-state index is 14.1. The second-order valence-corrected chi connectivity index (χ2v) is 17.2. The largest absolute Gasteiger partial charge is 0.481 e. The lowest BCUT2D eigenvalue weighted by molar-refractivity contribution is -0.143. The number of guanidine groups is 1. The van der Waals surface area contributed by atoms with Gasteiger partial charge in [0, 0.05) is 31.3 Å². The van der Waals surface area contributed by atoms with Gasteiger partial charge in [0.15, 0.2) is 5.96 Å². The highest BCUT2D eigenvalue weighted by atomic mass is 16.4. The van der Waals surface area contributed by atoms with E-state index in [1.54, 1.807) is 13.8 Å². The van der Waals surface area contributed by atoms with E-state index in [4.69, 9.17) is 17.2 Å². The van der Waals surface area contributed by atoms with Crippen LogP contribution >= 0.6 is 0 Å². The van der Waals surface area contributed by atoms with Gasteiger partial charge < -0.3 is 90.5 Å². The molecule has 31 nitrogen and oxygen atoms in total. The predicted molar refractivity (Wildman–Crippen MR) is 246 cm³/mol. The minimum atomic E-state index is -2.12. The van der Waals surface area contributed by atoms with E-state index in [1.165, 1.54) is 12.5 Å². The van der Waals surface area contributed by atoms with Crippen LogP contribution in [0, 0.1) is 5.92 Å². The van der Waals surface area contributed by atoms with Gasteiger partial charge in [0.1, 0.15) is 48.3 Å². The Hall–Kier alpha value is -7.96. The summed E-state index contributed by atoms with van der Waals surface area (Å²) in [6.45, 7) is 4.52. The number of amides is 10. The Morgan fingerprint density at radius 1 is 0.625 bits per heavy atom. The van der Waals surface area contributed by atoms with Crippen molar-refractivity contribution in [1.82, 2.24) is 57.8 Å². The number of H-pyrrole nitrogens is 1. The van der Waals surface area contributed by atoms with Gasteiger partial charge >= 0.3 is 11.9 Å². The molecule has 1 aliphatic rings. The molecule has 1 aromatic heterocycles. The predicted octanol–water partition coefficient (Wildman–Crippen LogP) is -7.96. The smallest absolute Gasteiger partial charge is 0.305 e. The summed E-state index contributed by atoms with van der Waals surface area (Å²) >= 11 is 0. The maximum absolute atomic E-state index is 14.1. The summed E-state index contributed by atoms with van der Waals surface area (Å²) < 4.78 is 0. The van der Waals surface area contributed by atoms with Crippen LogP contribution in [0.5, 0.6) is 0 Å². The zero-order valence-corrected chi connectivity index (χ0v) is 39.9. The molecule has 1 aliphatic heterocycles. The fourth-order valence-electron chi connectivity index (χ4n) is 6.82. The molecule has 10 atom stereocenters. The molecule has 0 aliphatic carbocycles. The van der Waals surface area contributed by atoms with Gasteiger partial charge in [0.25, 0.3) is 0 Å². The van der Waals surface area contributed by atoms with Crippen LogP contribution in [0.3, 0.4) is 0 Å². The average molecular weight is 1020 g/mol. The van der Waals surface area contributed by atoms with Crippen LogP contribution in [-0.2, 0) is 64.0 Å². The number of nitrogens with zero attached hydrogens (tertiary/aromatic N) is 2. The highest BCUT2D eigenvalue weighted by Crippen LogP contribution is 2.11. The van der Waals surface area contributed by atoms with Crippen molar-refractivity contribution < 1.29 is 78.0 Å². The molecule has 10 amide bonds. The Labute approximate surface area is 411 Å². The van der Waals surface area contributed by atoms with Crippen LogP contribution in [-0.4, -0.2) is 181 Å². The van der Waals surface area contributed by atoms with Gasteiger partial charge in [-0.15, -0.1) is 0 Å². The molecule has 1 saturated heterocycles. The molecule has 72 heavy (non-hydrogen) atoms. The number of nitrogens with one attached hydrogen (secondary N) is 10. The van der Waals surface area contributed by atoms with Gasteiger partial charge in [-0.1, -0.05) is 13.8 Å². The average Bonchev–Trinajstić information content (AvgIpc) is 3.79. The Morgan fingerprint density at radius 2 is 1.08 bits per heavy atom. The lowest BCUT2D eigenvalue weighted by atomic mass is 10.0. The van der Waals surface area contributed by atoms with Gasteiger partial charge in [-0.3, -0.25) is 62.5 Å². The number of aliphatic imine (C=N–C) groups is 1. The van der Waals surface area contributed by atoms with Crippen molar-refractivity contribution in [3.8, 4) is 0 Å². The molecule has 1 fully saturated rings. The number of aromatic nitrogens is 2. The second-order valence-electron chi connectivity index (χ2n) is 17.2. The molecule has 0 spiro atoms. The van der Waals surface area contributed by atoms with E-state index in [0.717, 1.165) is 13.8 Å². The van der Waals surface area contributed by atoms with Gasteiger partial charge in [-0.05, 0) is 45.4 Å². The molecule has 0 bridgehead atoms. The van der Waals surface area contributed by atoms with E-state index in [2.05, 4.69) is 62.8 Å². The molecule has 400 valence electrons. The summed E-state index contributed by atoms with van der Waals surface area (Å²) in [4.78, 5) is 170. The van der Waals surface area contributed by atoms with E-state index in [0.29, 0.717) is 0 Å². The first-order valence-corrected chi connectivity index (χ1v) is 22.5. The van der Waals surface area contributed by atoms with Crippen LogP contribution in [0.4, 0.5) is 0 Å². The van der Waals surface area contributed by atoms with Gasteiger partial charge in [0.2, 0.25) is 59.1 Å². The second kappa shape index (κ2) is 29.3. The third-order valence-electron chi connectivity index (χ3n) is 10.4. The molecule has 31 heteroatoms. The summed E-state index contributed by atoms with van der Waals surface area (Å²) in [7, 11) is 0. The SMILES string of the molecule is CC(C)C[C@@H]1NC(=O)[C@H](Cc2cnc[nH]2)NC(=O)[C@H](CC(=O)O)NC(=O)[C@H](CC(=O)O)NC(=O)[C@H](CCC(N)=O)NC(=O)[C@H](CCCN=C(N)N)NC(=O)CNC(=O)[C@H]([C@@H](C)O)NC(=O)[C@H]([C@@H](C)O)NC1=O. The number of aliphatic hydroxyl groups is 2. The molecule has 2 rings (SSSR count). The van der Waals surface area contributed by atoms with Crippen molar-refractivity contribution in [2.24, 2.45) is 28.1 Å². The molecule has 0 radical (unpaired) electrons. The molecule has 0 aromatic carbocycles. The van der Waals surface area contributed by atoms with E-state index in [9.17, 15) is 78.0 Å². The normalized spacial score (nSPS) is 24.7. The first-order chi connectivity index (χ1) is 33.7. The van der Waals surface area contributed by atoms with Gasteiger partial charge in [-0.25, -0.2) is 4.98 Å². The molecule has 0 unspecified atom stereocenters. The van der Waals surface area contributed by atoms with Gasteiger partial charge in [0.05, 0.1) is 37.9 Å². The number of carboxylic acid groups (broad SMARTS) is 2. The number of aliphatic hydroxyl groups excluding tert-OH is 2. The standard InChI is InChI=1S/C41H65N15O16/c1-17(2)10-23-38(70)55-32(19(4)58)40(72)56-31(18(3)57)39(71)47-15-28(60)49-21(6-5-9-46-41(43)44)33(65)50-22(7-8-27(42)59)34(66)53-25(12-29(61)62)37(69)54-26(13-30(63)64)36(68)52-24(35(67)51-23)11-20-14-45-16-48-20/h14,16-19,21-26,31-32,57-58H,5-13,15H2,1-4H3,(H2,42,59)(H,45,48)(H,47,71)(H,49,60)(H,50,65)(H,51,67)(H,52,68)(H,53,66)(H,54,69)(H,55,70)(H,56,72)(H,61,62)(H,63,64)(H4,43,44,46)/t18-,19-,21+,22+,23+,24+,25+,26+,31+,32+/m1/s1. The molecule has 1 aromatic rings. The zero-order chi connectivity index (χ0) is 54.4. The quantitative estimate of drug-likeness (QED) is 0.0391. The van der Waals surface area contributed by atoms with E-state index in [1.807, 2.05) is 0 Å². The molecule has 2 heterocycles. The van der Waals surface area contributed by atoms with Crippen LogP contribution < -0.4 is 65.1 Å². The summed E-state index contributed by atoms with van der Waals surface area (Å²) in [6.07, 6.45) is -5.24. The molecular formula is C41H65N15O16. The van der Waals surface area contributed by atoms with Crippen LogP contribution in [0.2, 0.25) is 0 Å². The lowest BCUT2D eigenvalue weighted by Gasteiger charge is -2.29. The Kier molecular flexibility index (Phi) is 24.5. The molecule has 0 saturated carbocycles. The number of primary amides is 1. The number of carbonyl (C=O) groups excluding carboxylic acids is 10. The number of rotatable bonds is 17. The zero-order valence-electron chi connectivity index (χ0n) is 39.9. The molecule has 20 N–H and O–H groups in total. The van der Waals surface area contributed by atoms with Crippen LogP contribution in [0.1, 0.15) is 78.3 Å². The van der Waals surface area contributed by atoms with Crippen molar-refractivity contribution >= 4 is 77.0 Å². The minimum Gasteiger partial charge on any atom is -0.481 e. The van der Waals surface area contributed by atoms with Crippen molar-refractivity contribution in [3.63, 3.8) is 0 Å². The topological polar surface area (TPSA) is 513 Å². The van der Waals surface area contributed by atoms with Crippen molar-refractivity contribution in [2.75, 3.05) is 13.1 Å².